The summed E-state index contributed by atoms with van der Waals surface area (Å²) in [6.45, 7) is 0. The summed E-state index contributed by atoms with van der Waals surface area (Å²) in [7, 11) is 1.31. The van der Waals surface area contributed by atoms with E-state index in [2.05, 4.69) is 10.5 Å². The molecule has 0 aromatic carbocycles. The minimum atomic E-state index is -0.481. The zero-order valence-electron chi connectivity index (χ0n) is 12.6. The summed E-state index contributed by atoms with van der Waals surface area (Å²) >= 11 is 2.89. The van der Waals surface area contributed by atoms with Crippen molar-refractivity contribution in [1.29, 1.82) is 0 Å². The van der Waals surface area contributed by atoms with Crippen LogP contribution in [0.15, 0.2) is 27.4 Å². The number of carbonyl (C=O) groups excluding carboxylic acids is 2. The quantitative estimate of drug-likeness (QED) is 0.722. The molecule has 0 saturated carbocycles. The van der Waals surface area contributed by atoms with Crippen LogP contribution in [0.5, 0.6) is 0 Å². The van der Waals surface area contributed by atoms with E-state index in [0.29, 0.717) is 22.7 Å². The fourth-order valence-electron chi connectivity index (χ4n) is 2.75. The van der Waals surface area contributed by atoms with Crippen LogP contribution < -0.4 is 5.32 Å². The van der Waals surface area contributed by atoms with E-state index < -0.39 is 5.97 Å². The number of ether oxygens (including phenoxy) is 1. The van der Waals surface area contributed by atoms with Crippen LogP contribution in [-0.2, 0) is 17.6 Å². The normalized spacial score (nSPS) is 12.4. The number of aromatic nitrogens is 1. The molecule has 0 bridgehead atoms. The number of rotatable bonds is 3. The van der Waals surface area contributed by atoms with Gasteiger partial charge < -0.3 is 14.6 Å². The van der Waals surface area contributed by atoms with Crippen LogP contribution in [0.3, 0.4) is 0 Å². The second-order valence-electron chi connectivity index (χ2n) is 5.21. The van der Waals surface area contributed by atoms with Gasteiger partial charge in [0.2, 0.25) is 0 Å². The second-order valence-corrected chi connectivity index (χ2v) is 7.12. The van der Waals surface area contributed by atoms with E-state index in [4.69, 9.17) is 9.26 Å². The zero-order valence-corrected chi connectivity index (χ0v) is 14.3. The highest BCUT2D eigenvalue weighted by Crippen LogP contribution is 2.38. The third-order valence-corrected chi connectivity index (χ3v) is 5.75. The second kappa shape index (κ2) is 5.88. The Morgan fingerprint density at radius 3 is 2.92 bits per heavy atom. The number of hydrogen-bond acceptors (Lipinski definition) is 7. The van der Waals surface area contributed by atoms with Crippen LogP contribution in [0.25, 0.3) is 11.3 Å². The smallest absolute Gasteiger partial charge is 0.350 e. The SMILES string of the molecule is COC(=O)c1sccc1NC(=O)c1noc2c1CCc1sccc1-2. The number of esters is 1. The number of nitrogens with zero attached hydrogens (tertiary/aromatic N) is 1. The van der Waals surface area contributed by atoms with Gasteiger partial charge in [-0.3, -0.25) is 4.79 Å². The minimum absolute atomic E-state index is 0.267. The average molecular weight is 360 g/mol. The molecule has 0 aliphatic heterocycles. The lowest BCUT2D eigenvalue weighted by atomic mass is 9.95. The Morgan fingerprint density at radius 2 is 2.08 bits per heavy atom. The predicted octanol–water partition coefficient (Wildman–Crippen LogP) is 3.60. The number of nitrogens with one attached hydrogen (secondary N) is 1. The van der Waals surface area contributed by atoms with E-state index in [1.54, 1.807) is 22.8 Å². The van der Waals surface area contributed by atoms with E-state index >= 15 is 0 Å². The lowest BCUT2D eigenvalue weighted by molar-refractivity contribution is 0.0607. The molecule has 3 aromatic heterocycles. The Labute approximate surface area is 145 Å². The van der Waals surface area contributed by atoms with Gasteiger partial charge in [0.15, 0.2) is 11.5 Å². The van der Waals surface area contributed by atoms with Gasteiger partial charge in [0.25, 0.3) is 5.91 Å². The maximum Gasteiger partial charge on any atom is 0.350 e. The molecule has 122 valence electrons. The molecule has 0 atom stereocenters. The standard InChI is InChI=1S/C16H12N2O4S2/c1-21-16(20)14-10(5-7-24-14)17-15(19)12-9-2-3-11-8(4-6-23-11)13(9)22-18-12/h4-7H,2-3H2,1H3,(H,17,19). The Morgan fingerprint density at radius 1 is 1.25 bits per heavy atom. The van der Waals surface area contributed by atoms with E-state index in [0.717, 1.165) is 17.5 Å². The number of hydrogen-bond donors (Lipinski definition) is 1. The molecule has 3 aromatic rings. The predicted molar refractivity (Wildman–Crippen MR) is 90.8 cm³/mol. The summed E-state index contributed by atoms with van der Waals surface area (Å²) in [5.41, 5.74) is 2.51. The zero-order chi connectivity index (χ0) is 16.7. The highest BCUT2D eigenvalue weighted by Gasteiger charge is 2.29. The molecule has 0 spiro atoms. The first-order chi connectivity index (χ1) is 11.7. The molecular formula is C16H12N2O4S2. The molecule has 0 saturated heterocycles. The molecular weight excluding hydrogens is 348 g/mol. The lowest BCUT2D eigenvalue weighted by Gasteiger charge is -2.10. The molecule has 1 amide bonds. The number of amides is 1. The third-order valence-electron chi connectivity index (χ3n) is 3.88. The van der Waals surface area contributed by atoms with Crippen molar-refractivity contribution in [3.8, 4) is 11.3 Å². The molecule has 6 nitrogen and oxygen atoms in total. The topological polar surface area (TPSA) is 81.4 Å². The van der Waals surface area contributed by atoms with Crippen molar-refractivity contribution in [2.24, 2.45) is 0 Å². The van der Waals surface area contributed by atoms with Crippen LogP contribution in [0.4, 0.5) is 5.69 Å². The highest BCUT2D eigenvalue weighted by molar-refractivity contribution is 7.12. The van der Waals surface area contributed by atoms with E-state index in [-0.39, 0.29) is 11.6 Å². The summed E-state index contributed by atoms with van der Waals surface area (Å²) in [6.07, 6.45) is 1.58. The van der Waals surface area contributed by atoms with Crippen LogP contribution in [-0.4, -0.2) is 24.1 Å². The molecule has 3 heterocycles. The molecule has 0 fully saturated rings. The van der Waals surface area contributed by atoms with Gasteiger partial charge in [-0.1, -0.05) is 5.16 Å². The molecule has 1 N–H and O–H groups in total. The number of anilines is 1. The number of aryl methyl sites for hydroxylation is 1. The van der Waals surface area contributed by atoms with E-state index in [9.17, 15) is 9.59 Å². The minimum Gasteiger partial charge on any atom is -0.465 e. The van der Waals surface area contributed by atoms with Gasteiger partial charge in [0.1, 0.15) is 4.88 Å². The van der Waals surface area contributed by atoms with Gasteiger partial charge in [-0.15, -0.1) is 22.7 Å². The monoisotopic (exact) mass is 360 g/mol. The number of fused-ring (bicyclic) bond motifs is 3. The van der Waals surface area contributed by atoms with Crippen LogP contribution in [0, 0.1) is 0 Å². The van der Waals surface area contributed by atoms with Crippen LogP contribution in [0.1, 0.15) is 30.6 Å². The van der Waals surface area contributed by atoms with Crippen LogP contribution in [0.2, 0.25) is 0 Å². The Bertz CT molecular complexity index is 938. The van der Waals surface area contributed by atoms with Crippen molar-refractivity contribution in [2.45, 2.75) is 12.8 Å². The summed E-state index contributed by atoms with van der Waals surface area (Å²) in [6, 6.07) is 3.65. The van der Waals surface area contributed by atoms with Crippen molar-refractivity contribution < 1.29 is 18.8 Å². The van der Waals surface area contributed by atoms with Crippen molar-refractivity contribution >= 4 is 40.2 Å². The van der Waals surface area contributed by atoms with Crippen molar-refractivity contribution in [2.75, 3.05) is 12.4 Å². The summed E-state index contributed by atoms with van der Waals surface area (Å²) in [4.78, 5) is 25.9. The van der Waals surface area contributed by atoms with Gasteiger partial charge >= 0.3 is 5.97 Å². The highest BCUT2D eigenvalue weighted by atomic mass is 32.1. The first kappa shape index (κ1) is 15.1. The van der Waals surface area contributed by atoms with Crippen molar-refractivity contribution in [1.82, 2.24) is 5.16 Å². The summed E-state index contributed by atoms with van der Waals surface area (Å²) < 4.78 is 10.1. The maximum atomic E-state index is 12.6. The molecule has 24 heavy (non-hydrogen) atoms. The molecule has 1 aliphatic carbocycles. The molecule has 4 rings (SSSR count). The Kier molecular flexibility index (Phi) is 3.70. The van der Waals surface area contributed by atoms with Gasteiger partial charge in [0.05, 0.1) is 12.8 Å². The van der Waals surface area contributed by atoms with Crippen molar-refractivity contribution in [3.05, 3.63) is 43.9 Å². The van der Waals surface area contributed by atoms with Gasteiger partial charge in [-0.2, -0.15) is 0 Å². The molecule has 8 heteroatoms. The number of thiophene rings is 2. The van der Waals surface area contributed by atoms with Crippen LogP contribution >= 0.6 is 22.7 Å². The van der Waals surface area contributed by atoms with Crippen molar-refractivity contribution in [3.63, 3.8) is 0 Å². The molecule has 0 radical (unpaired) electrons. The largest absolute Gasteiger partial charge is 0.465 e. The number of methoxy groups -OCH3 is 1. The lowest BCUT2D eigenvalue weighted by Crippen LogP contribution is -2.16. The maximum absolute atomic E-state index is 12.6. The third kappa shape index (κ3) is 2.35. The first-order valence-corrected chi connectivity index (χ1v) is 8.97. The fourth-order valence-corrected chi connectivity index (χ4v) is 4.39. The van der Waals surface area contributed by atoms with E-state index in [1.807, 2.05) is 11.4 Å². The Hall–Kier alpha value is -2.45. The Balaban J connectivity index is 1.64. The molecule has 1 aliphatic rings. The number of carbonyl (C=O) groups is 2. The fraction of sp³-hybridized carbons (Fsp3) is 0.188. The van der Waals surface area contributed by atoms with Gasteiger partial charge in [0, 0.05) is 16.0 Å². The first-order valence-electron chi connectivity index (χ1n) is 7.21. The summed E-state index contributed by atoms with van der Waals surface area (Å²) in [5.74, 6) is -0.200. The van der Waals surface area contributed by atoms with E-state index in [1.165, 1.54) is 23.3 Å². The van der Waals surface area contributed by atoms with Gasteiger partial charge in [-0.25, -0.2) is 4.79 Å². The molecule has 0 unspecified atom stereocenters. The van der Waals surface area contributed by atoms with Gasteiger partial charge in [-0.05, 0) is 35.7 Å². The average Bonchev–Trinajstić information content (AvgIpc) is 3.31. The summed E-state index contributed by atoms with van der Waals surface area (Å²) in [5, 5.41) is 10.4.